The lowest BCUT2D eigenvalue weighted by atomic mass is 10.3. The third-order valence-electron chi connectivity index (χ3n) is 2.62. The van der Waals surface area contributed by atoms with Gasteiger partial charge in [0.25, 0.3) is 0 Å². The zero-order valence-electron chi connectivity index (χ0n) is 9.44. The molecule has 90 valence electrons. The van der Waals surface area contributed by atoms with Crippen molar-refractivity contribution in [3.8, 4) is 0 Å². The summed E-state index contributed by atoms with van der Waals surface area (Å²) in [6.07, 6.45) is 0. The first-order chi connectivity index (χ1) is 7.78. The minimum absolute atomic E-state index is 0.615. The number of rotatable bonds is 4. The molecule has 0 bridgehead atoms. The fraction of sp³-hybridized carbons (Fsp3) is 0.700. The van der Waals surface area contributed by atoms with Crippen molar-refractivity contribution in [2.24, 2.45) is 0 Å². The quantitative estimate of drug-likeness (QED) is 0.804. The van der Waals surface area contributed by atoms with Gasteiger partial charge >= 0.3 is 0 Å². The summed E-state index contributed by atoms with van der Waals surface area (Å²) in [5.74, 6) is 2.44. The van der Waals surface area contributed by atoms with E-state index >= 15 is 0 Å². The topological polar surface area (TPSA) is 58.4 Å². The van der Waals surface area contributed by atoms with Crippen LogP contribution in [0.1, 0.15) is 11.5 Å². The highest BCUT2D eigenvalue weighted by Gasteiger charge is 2.16. The van der Waals surface area contributed by atoms with Gasteiger partial charge in [-0.25, -0.2) is 0 Å². The van der Waals surface area contributed by atoms with E-state index in [1.165, 1.54) is 0 Å². The number of hydrogen-bond acceptors (Lipinski definition) is 5. The molecule has 2 heterocycles. The molecule has 0 aliphatic carbocycles. The lowest BCUT2D eigenvalue weighted by molar-refractivity contribution is 0.248. The molecule has 0 saturated carbocycles. The molecule has 1 fully saturated rings. The van der Waals surface area contributed by atoms with E-state index in [0.29, 0.717) is 0 Å². The summed E-state index contributed by atoms with van der Waals surface area (Å²) in [6.45, 7) is 3.27. The second-order valence-corrected chi connectivity index (χ2v) is 5.64. The number of nitrogens with one attached hydrogen (secondary N) is 1. The van der Waals surface area contributed by atoms with Gasteiger partial charge in [0.15, 0.2) is 5.76 Å². The third kappa shape index (κ3) is 3.13. The molecule has 0 unspecified atom stereocenters. The Morgan fingerprint density at radius 3 is 3.00 bits per heavy atom. The number of aromatic nitrogens is 1. The van der Waals surface area contributed by atoms with Crippen LogP contribution in [0, 0.1) is 0 Å². The maximum Gasteiger partial charge on any atom is 0.151 e. The summed E-state index contributed by atoms with van der Waals surface area (Å²) >= 11 is 0. The first-order valence-electron chi connectivity index (χ1n) is 5.44. The first kappa shape index (κ1) is 11.8. The molecule has 1 aliphatic rings. The van der Waals surface area contributed by atoms with Crippen molar-refractivity contribution in [2.45, 2.75) is 13.1 Å². The van der Waals surface area contributed by atoms with Crippen molar-refractivity contribution in [2.75, 3.05) is 31.6 Å². The van der Waals surface area contributed by atoms with Crippen molar-refractivity contribution in [3.63, 3.8) is 0 Å². The van der Waals surface area contributed by atoms with E-state index in [4.69, 9.17) is 4.52 Å². The highest BCUT2D eigenvalue weighted by atomic mass is 32.2. The highest BCUT2D eigenvalue weighted by Crippen LogP contribution is 2.09. The van der Waals surface area contributed by atoms with Crippen molar-refractivity contribution in [1.29, 1.82) is 0 Å². The summed E-state index contributed by atoms with van der Waals surface area (Å²) in [6, 6.07) is 1.97. The average molecular weight is 243 g/mol. The van der Waals surface area contributed by atoms with Gasteiger partial charge < -0.3 is 9.84 Å². The lowest BCUT2D eigenvalue weighted by Crippen LogP contribution is -2.37. The van der Waals surface area contributed by atoms with E-state index in [0.717, 1.165) is 49.1 Å². The maximum absolute atomic E-state index is 11.2. The van der Waals surface area contributed by atoms with Crippen LogP contribution in [-0.2, 0) is 23.9 Å². The van der Waals surface area contributed by atoms with Gasteiger partial charge in [0, 0.05) is 48.0 Å². The molecule has 2 rings (SSSR count). The van der Waals surface area contributed by atoms with Crippen molar-refractivity contribution in [1.82, 2.24) is 15.4 Å². The van der Waals surface area contributed by atoms with Gasteiger partial charge in [0.2, 0.25) is 0 Å². The standard InChI is InChI=1S/C10H17N3O2S/c1-11-7-9-6-10(15-12-9)8-13-2-4-16(14)5-3-13/h6,11H,2-5,7-8H2,1H3. The second-order valence-electron chi connectivity index (χ2n) is 3.94. The van der Waals surface area contributed by atoms with E-state index in [2.05, 4.69) is 15.4 Å². The number of nitrogens with zero attached hydrogens (tertiary/aromatic N) is 2. The van der Waals surface area contributed by atoms with Gasteiger partial charge in [0.05, 0.1) is 12.2 Å². The predicted octanol–water partition coefficient (Wildman–Crippen LogP) is -0.0417. The molecular formula is C10H17N3O2S. The van der Waals surface area contributed by atoms with E-state index in [-0.39, 0.29) is 0 Å². The van der Waals surface area contributed by atoms with Crippen molar-refractivity contribution < 1.29 is 8.73 Å². The molecular weight excluding hydrogens is 226 g/mol. The fourth-order valence-electron chi connectivity index (χ4n) is 1.75. The Balaban J connectivity index is 1.86. The van der Waals surface area contributed by atoms with Crippen LogP contribution in [0.15, 0.2) is 10.6 Å². The van der Waals surface area contributed by atoms with E-state index in [9.17, 15) is 4.21 Å². The van der Waals surface area contributed by atoms with Crippen LogP contribution >= 0.6 is 0 Å². The minimum atomic E-state index is -0.615. The van der Waals surface area contributed by atoms with Crippen LogP contribution in [0.4, 0.5) is 0 Å². The normalized spacial score (nSPS) is 19.1. The monoisotopic (exact) mass is 243 g/mol. The molecule has 5 nitrogen and oxygen atoms in total. The molecule has 0 spiro atoms. The SMILES string of the molecule is CNCc1cc(CN2CCS(=O)CC2)on1. The van der Waals surface area contributed by atoms with E-state index in [1.807, 2.05) is 13.1 Å². The van der Waals surface area contributed by atoms with Gasteiger partial charge in [0.1, 0.15) is 0 Å². The molecule has 16 heavy (non-hydrogen) atoms. The highest BCUT2D eigenvalue weighted by molar-refractivity contribution is 7.85. The largest absolute Gasteiger partial charge is 0.360 e. The molecule has 1 aliphatic heterocycles. The molecule has 1 aromatic heterocycles. The second kappa shape index (κ2) is 5.56. The van der Waals surface area contributed by atoms with Gasteiger partial charge in [-0.2, -0.15) is 0 Å². The molecule has 0 radical (unpaired) electrons. The maximum atomic E-state index is 11.2. The van der Waals surface area contributed by atoms with Gasteiger partial charge in [-0.15, -0.1) is 0 Å². The summed E-state index contributed by atoms with van der Waals surface area (Å²) in [5, 5.41) is 6.99. The fourth-order valence-corrected chi connectivity index (χ4v) is 2.88. The molecule has 6 heteroatoms. The van der Waals surface area contributed by atoms with Crippen LogP contribution in [0.3, 0.4) is 0 Å². The van der Waals surface area contributed by atoms with E-state index in [1.54, 1.807) is 0 Å². The third-order valence-corrected chi connectivity index (χ3v) is 3.89. The molecule has 1 N–H and O–H groups in total. The Labute approximate surface area is 97.6 Å². The Morgan fingerprint density at radius 2 is 2.31 bits per heavy atom. The molecule has 0 aromatic carbocycles. The molecule has 1 saturated heterocycles. The lowest BCUT2D eigenvalue weighted by Gasteiger charge is -2.24. The summed E-state index contributed by atoms with van der Waals surface area (Å²) in [7, 11) is 1.27. The zero-order valence-corrected chi connectivity index (χ0v) is 10.3. The van der Waals surface area contributed by atoms with Crippen LogP contribution in [-0.4, -0.2) is 45.9 Å². The van der Waals surface area contributed by atoms with Crippen LogP contribution in [0.2, 0.25) is 0 Å². The van der Waals surface area contributed by atoms with Crippen LogP contribution in [0.25, 0.3) is 0 Å². The Kier molecular flexibility index (Phi) is 4.09. The molecule has 0 atom stereocenters. The number of hydrogen-bond donors (Lipinski definition) is 1. The average Bonchev–Trinajstić information content (AvgIpc) is 2.70. The summed E-state index contributed by atoms with van der Waals surface area (Å²) < 4.78 is 16.4. The zero-order chi connectivity index (χ0) is 11.4. The summed E-state index contributed by atoms with van der Waals surface area (Å²) in [5.41, 5.74) is 0.929. The summed E-state index contributed by atoms with van der Waals surface area (Å²) in [4.78, 5) is 2.26. The Bertz CT molecular complexity index is 357. The van der Waals surface area contributed by atoms with Gasteiger partial charge in [-0.3, -0.25) is 9.11 Å². The van der Waals surface area contributed by atoms with Crippen LogP contribution in [0.5, 0.6) is 0 Å². The van der Waals surface area contributed by atoms with Gasteiger partial charge in [-0.05, 0) is 7.05 Å². The predicted molar refractivity (Wildman–Crippen MR) is 62.4 cm³/mol. The van der Waals surface area contributed by atoms with E-state index < -0.39 is 10.8 Å². The van der Waals surface area contributed by atoms with Crippen molar-refractivity contribution >= 4 is 10.8 Å². The minimum Gasteiger partial charge on any atom is -0.360 e. The van der Waals surface area contributed by atoms with Crippen LogP contribution < -0.4 is 5.32 Å². The van der Waals surface area contributed by atoms with Gasteiger partial charge in [-0.1, -0.05) is 5.16 Å². The smallest absolute Gasteiger partial charge is 0.151 e. The molecule has 0 amide bonds. The Hall–Kier alpha value is -0.720. The van der Waals surface area contributed by atoms with Crippen molar-refractivity contribution in [3.05, 3.63) is 17.5 Å². The Morgan fingerprint density at radius 1 is 1.56 bits per heavy atom. The molecule has 1 aromatic rings. The first-order valence-corrected chi connectivity index (χ1v) is 6.93.